The van der Waals surface area contributed by atoms with Gasteiger partial charge in [-0.3, -0.25) is 0 Å². The van der Waals surface area contributed by atoms with Crippen molar-refractivity contribution in [3.8, 4) is 6.07 Å². The molecule has 0 aliphatic carbocycles. The van der Waals surface area contributed by atoms with E-state index in [2.05, 4.69) is 10.3 Å². The van der Waals surface area contributed by atoms with E-state index in [1.807, 2.05) is 35.0 Å². The van der Waals surface area contributed by atoms with Crippen molar-refractivity contribution in [3.63, 3.8) is 0 Å². The molecule has 0 fully saturated rings. The second-order valence-corrected chi connectivity index (χ2v) is 5.33. The summed E-state index contributed by atoms with van der Waals surface area (Å²) in [7, 11) is 0. The summed E-state index contributed by atoms with van der Waals surface area (Å²) in [5.41, 5.74) is 1.73. The Morgan fingerprint density at radius 2 is 1.75 bits per heavy atom. The van der Waals surface area contributed by atoms with Gasteiger partial charge in [-0.1, -0.05) is 24.3 Å². The summed E-state index contributed by atoms with van der Waals surface area (Å²) in [5.74, 6) is -1.55. The van der Waals surface area contributed by atoms with Gasteiger partial charge in [-0.2, -0.15) is 5.26 Å². The molecule has 6 heteroatoms. The predicted octanol–water partition coefficient (Wildman–Crippen LogP) is 3.69. The molecular formula is C18H14F2N4. The van der Waals surface area contributed by atoms with Crippen LogP contribution in [0.3, 0.4) is 0 Å². The van der Waals surface area contributed by atoms with Gasteiger partial charge in [-0.15, -0.1) is 0 Å². The van der Waals surface area contributed by atoms with E-state index in [1.165, 1.54) is 0 Å². The third-order valence-corrected chi connectivity index (χ3v) is 3.59. The van der Waals surface area contributed by atoms with Gasteiger partial charge in [0.2, 0.25) is 0 Å². The van der Waals surface area contributed by atoms with Crippen LogP contribution < -0.4 is 5.32 Å². The maximum Gasteiger partial charge on any atom is 0.150 e. The van der Waals surface area contributed by atoms with Crippen molar-refractivity contribution in [1.29, 1.82) is 5.26 Å². The number of nitrogens with one attached hydrogen (secondary N) is 1. The maximum absolute atomic E-state index is 13.8. The summed E-state index contributed by atoms with van der Waals surface area (Å²) in [4.78, 5) is 3.99. The second-order valence-electron chi connectivity index (χ2n) is 5.33. The van der Waals surface area contributed by atoms with Crippen molar-refractivity contribution < 1.29 is 8.78 Å². The summed E-state index contributed by atoms with van der Waals surface area (Å²) < 4.78 is 29.6. The molecule has 1 heterocycles. The van der Waals surface area contributed by atoms with Gasteiger partial charge in [0.05, 0.1) is 18.0 Å². The Morgan fingerprint density at radius 1 is 1.08 bits per heavy atom. The van der Waals surface area contributed by atoms with Crippen molar-refractivity contribution in [1.82, 2.24) is 9.55 Å². The number of benzene rings is 2. The molecule has 0 unspecified atom stereocenters. The minimum Gasteiger partial charge on any atom is -0.376 e. The number of hydrogen-bond donors (Lipinski definition) is 1. The lowest BCUT2D eigenvalue weighted by molar-refractivity contribution is 0.587. The number of aromatic nitrogens is 2. The quantitative estimate of drug-likeness (QED) is 0.779. The lowest BCUT2D eigenvalue weighted by atomic mass is 10.1. The van der Waals surface area contributed by atoms with Crippen LogP contribution in [0.15, 0.2) is 55.1 Å². The molecule has 2 aromatic carbocycles. The number of anilines is 1. The van der Waals surface area contributed by atoms with E-state index in [0.717, 1.165) is 23.3 Å². The molecule has 0 saturated carbocycles. The van der Waals surface area contributed by atoms with E-state index >= 15 is 0 Å². The molecular weight excluding hydrogens is 310 g/mol. The smallest absolute Gasteiger partial charge is 0.150 e. The van der Waals surface area contributed by atoms with Crippen LogP contribution in [0, 0.1) is 23.0 Å². The molecule has 4 nitrogen and oxygen atoms in total. The number of nitriles is 1. The van der Waals surface area contributed by atoms with Crippen LogP contribution in [0.5, 0.6) is 0 Å². The summed E-state index contributed by atoms with van der Waals surface area (Å²) in [6, 6.07) is 11.5. The number of imidazole rings is 1. The van der Waals surface area contributed by atoms with Gasteiger partial charge in [-0.05, 0) is 23.3 Å². The average Bonchev–Trinajstić information content (AvgIpc) is 3.08. The number of halogens is 2. The molecule has 1 aromatic heterocycles. The Morgan fingerprint density at radius 3 is 2.33 bits per heavy atom. The van der Waals surface area contributed by atoms with E-state index in [-0.39, 0.29) is 17.8 Å². The van der Waals surface area contributed by atoms with Crippen molar-refractivity contribution in [2.45, 2.75) is 13.1 Å². The standard InChI is InChI=1S/C18H14F2N4/c19-16-7-15(9-21)8-17(20)18(16)23-10-13-1-3-14(4-2-13)11-24-6-5-22-12-24/h1-8,12,23H,10-11H2. The van der Waals surface area contributed by atoms with Crippen molar-refractivity contribution in [3.05, 3.63) is 83.4 Å². The fraction of sp³-hybridized carbons (Fsp3) is 0.111. The SMILES string of the molecule is N#Cc1cc(F)c(NCc2ccc(Cn3ccnc3)cc2)c(F)c1. The van der Waals surface area contributed by atoms with Gasteiger partial charge >= 0.3 is 0 Å². The first-order chi connectivity index (χ1) is 11.7. The molecule has 0 radical (unpaired) electrons. The second kappa shape index (κ2) is 6.92. The highest BCUT2D eigenvalue weighted by molar-refractivity contribution is 5.50. The van der Waals surface area contributed by atoms with Crippen LogP contribution >= 0.6 is 0 Å². The molecule has 0 aliphatic rings. The monoisotopic (exact) mass is 324 g/mol. The lowest BCUT2D eigenvalue weighted by Gasteiger charge is -2.10. The van der Waals surface area contributed by atoms with E-state index in [1.54, 1.807) is 18.6 Å². The van der Waals surface area contributed by atoms with Gasteiger partial charge in [0.15, 0.2) is 11.6 Å². The predicted molar refractivity (Wildman–Crippen MR) is 86.2 cm³/mol. The highest BCUT2D eigenvalue weighted by Gasteiger charge is 2.10. The topological polar surface area (TPSA) is 53.6 Å². The largest absolute Gasteiger partial charge is 0.376 e. The van der Waals surface area contributed by atoms with Gasteiger partial charge < -0.3 is 9.88 Å². The molecule has 0 amide bonds. The molecule has 3 rings (SSSR count). The fourth-order valence-electron chi connectivity index (χ4n) is 2.35. The molecule has 0 bridgehead atoms. The molecule has 0 spiro atoms. The summed E-state index contributed by atoms with van der Waals surface area (Å²) in [6.07, 6.45) is 5.34. The van der Waals surface area contributed by atoms with Crippen molar-refractivity contribution in [2.24, 2.45) is 0 Å². The minimum atomic E-state index is -0.775. The molecule has 3 aromatic rings. The van der Waals surface area contributed by atoms with E-state index < -0.39 is 11.6 Å². The molecule has 120 valence electrons. The first kappa shape index (κ1) is 15.7. The zero-order valence-corrected chi connectivity index (χ0v) is 12.7. The van der Waals surface area contributed by atoms with Crippen molar-refractivity contribution in [2.75, 3.05) is 5.32 Å². The fourth-order valence-corrected chi connectivity index (χ4v) is 2.35. The van der Waals surface area contributed by atoms with Gasteiger partial charge in [0.25, 0.3) is 0 Å². The Kier molecular flexibility index (Phi) is 4.52. The van der Waals surface area contributed by atoms with Crippen LogP contribution in [0.4, 0.5) is 14.5 Å². The normalized spacial score (nSPS) is 10.4. The van der Waals surface area contributed by atoms with Gasteiger partial charge in [0, 0.05) is 25.5 Å². The lowest BCUT2D eigenvalue weighted by Crippen LogP contribution is -2.05. The number of hydrogen-bond acceptors (Lipinski definition) is 3. The average molecular weight is 324 g/mol. The van der Waals surface area contributed by atoms with E-state index in [9.17, 15) is 8.78 Å². The molecule has 0 saturated heterocycles. The van der Waals surface area contributed by atoms with Crippen LogP contribution in [-0.4, -0.2) is 9.55 Å². The molecule has 0 atom stereocenters. The Labute approximate surface area is 138 Å². The zero-order chi connectivity index (χ0) is 16.9. The molecule has 24 heavy (non-hydrogen) atoms. The van der Waals surface area contributed by atoms with Gasteiger partial charge in [-0.25, -0.2) is 13.8 Å². The van der Waals surface area contributed by atoms with Crippen molar-refractivity contribution >= 4 is 5.69 Å². The molecule has 0 aliphatic heterocycles. The zero-order valence-electron chi connectivity index (χ0n) is 12.7. The third kappa shape index (κ3) is 3.58. The highest BCUT2D eigenvalue weighted by atomic mass is 19.1. The van der Waals surface area contributed by atoms with E-state index in [4.69, 9.17) is 5.26 Å². The highest BCUT2D eigenvalue weighted by Crippen LogP contribution is 2.21. The van der Waals surface area contributed by atoms with Gasteiger partial charge in [0.1, 0.15) is 5.69 Å². The van der Waals surface area contributed by atoms with E-state index in [0.29, 0.717) is 6.54 Å². The maximum atomic E-state index is 13.8. The number of nitrogens with zero attached hydrogens (tertiary/aromatic N) is 3. The summed E-state index contributed by atoms with van der Waals surface area (Å²) in [5, 5.41) is 11.4. The van der Waals surface area contributed by atoms with Crippen LogP contribution in [0.2, 0.25) is 0 Å². The number of rotatable bonds is 5. The van der Waals surface area contributed by atoms with Crippen LogP contribution in [-0.2, 0) is 13.1 Å². The Bertz CT molecular complexity index is 842. The Balaban J connectivity index is 1.66. The third-order valence-electron chi connectivity index (χ3n) is 3.59. The molecule has 1 N–H and O–H groups in total. The first-order valence-electron chi connectivity index (χ1n) is 7.32. The minimum absolute atomic E-state index is 0.0422. The first-order valence-corrected chi connectivity index (χ1v) is 7.32. The van der Waals surface area contributed by atoms with Crippen LogP contribution in [0.1, 0.15) is 16.7 Å². The Hall–Kier alpha value is -3.20. The van der Waals surface area contributed by atoms with Crippen LogP contribution in [0.25, 0.3) is 0 Å². The summed E-state index contributed by atoms with van der Waals surface area (Å²) in [6.45, 7) is 0.998. The summed E-state index contributed by atoms with van der Waals surface area (Å²) >= 11 is 0.